The van der Waals surface area contributed by atoms with Crippen molar-refractivity contribution in [1.29, 1.82) is 0 Å². The molecule has 3 rings (SSSR count). The van der Waals surface area contributed by atoms with Gasteiger partial charge in [0.2, 0.25) is 0 Å². The average Bonchev–Trinajstić information content (AvgIpc) is 3.13. The minimum Gasteiger partial charge on any atom is -0.435 e. The molecule has 2 aromatic carbocycles. The molecule has 6 N–H and O–H groups in total. The van der Waals surface area contributed by atoms with E-state index in [9.17, 15) is 8.78 Å². The van der Waals surface area contributed by atoms with Gasteiger partial charge >= 0.3 is 6.61 Å². The zero-order valence-electron chi connectivity index (χ0n) is 15.0. The largest absolute Gasteiger partial charge is 0.435 e. The maximum absolute atomic E-state index is 12.1. The van der Waals surface area contributed by atoms with Crippen LogP contribution in [-0.4, -0.2) is 16.8 Å². The highest BCUT2D eigenvalue weighted by atomic mass is 19.3. The summed E-state index contributed by atoms with van der Waals surface area (Å²) in [5.41, 5.74) is 15.5. The highest BCUT2D eigenvalue weighted by molar-refractivity contribution is 5.78. The number of allylic oxidation sites excluding steroid dienone is 3. The number of fused-ring (bicyclic) bond motifs is 1. The SMILES string of the molecule is N/C(=C\C=C(/N)Nc1ccc(OC(F)F)cc1)CCc1ccc2[nH]ncc2c1. The number of nitrogens with two attached hydrogens (primary N) is 2. The number of H-pyrrole nitrogens is 1. The summed E-state index contributed by atoms with van der Waals surface area (Å²) in [5, 5.41) is 11.0. The van der Waals surface area contributed by atoms with Crippen molar-refractivity contribution in [3.8, 4) is 5.75 Å². The van der Waals surface area contributed by atoms with E-state index in [0.29, 0.717) is 23.6 Å². The third kappa shape index (κ3) is 5.47. The summed E-state index contributed by atoms with van der Waals surface area (Å²) in [4.78, 5) is 0. The fourth-order valence-electron chi connectivity index (χ4n) is 2.64. The van der Waals surface area contributed by atoms with Crippen LogP contribution < -0.4 is 21.5 Å². The van der Waals surface area contributed by atoms with Crippen LogP contribution in [-0.2, 0) is 6.42 Å². The molecular formula is C20H21F2N5O. The Morgan fingerprint density at radius 3 is 2.68 bits per heavy atom. The molecule has 6 nitrogen and oxygen atoms in total. The minimum absolute atomic E-state index is 0.0841. The molecule has 0 amide bonds. The molecule has 0 saturated carbocycles. The molecule has 0 saturated heterocycles. The quantitative estimate of drug-likeness (QED) is 0.441. The van der Waals surface area contributed by atoms with Crippen molar-refractivity contribution in [1.82, 2.24) is 10.2 Å². The smallest absolute Gasteiger partial charge is 0.387 e. The van der Waals surface area contributed by atoms with Crippen molar-refractivity contribution in [2.24, 2.45) is 11.5 Å². The van der Waals surface area contributed by atoms with Crippen molar-refractivity contribution in [3.63, 3.8) is 0 Å². The van der Waals surface area contributed by atoms with Crippen LogP contribution in [0.15, 0.2) is 72.3 Å². The fraction of sp³-hybridized carbons (Fsp3) is 0.150. The van der Waals surface area contributed by atoms with Gasteiger partial charge < -0.3 is 21.5 Å². The van der Waals surface area contributed by atoms with Crippen LogP contribution in [0.25, 0.3) is 10.9 Å². The number of nitrogens with zero attached hydrogens (tertiary/aromatic N) is 1. The number of halogens is 2. The Balaban J connectivity index is 1.52. The first kappa shape index (κ1) is 19.2. The monoisotopic (exact) mass is 385 g/mol. The Kier molecular flexibility index (Phi) is 6.11. The zero-order chi connectivity index (χ0) is 19.9. The van der Waals surface area contributed by atoms with E-state index in [0.717, 1.165) is 17.3 Å². The van der Waals surface area contributed by atoms with Gasteiger partial charge in [0.25, 0.3) is 0 Å². The van der Waals surface area contributed by atoms with Gasteiger partial charge in [-0.25, -0.2) is 0 Å². The van der Waals surface area contributed by atoms with Crippen LogP contribution in [0.2, 0.25) is 0 Å². The summed E-state index contributed by atoms with van der Waals surface area (Å²) in [6.07, 6.45) is 6.69. The molecular weight excluding hydrogens is 364 g/mol. The third-order valence-corrected chi connectivity index (χ3v) is 4.05. The summed E-state index contributed by atoms with van der Waals surface area (Å²) >= 11 is 0. The number of aromatic amines is 1. The van der Waals surface area contributed by atoms with Gasteiger partial charge in [-0.3, -0.25) is 5.10 Å². The van der Waals surface area contributed by atoms with Crippen LogP contribution in [0, 0.1) is 0 Å². The van der Waals surface area contributed by atoms with Gasteiger partial charge in [0.15, 0.2) is 0 Å². The van der Waals surface area contributed by atoms with Gasteiger partial charge in [0.1, 0.15) is 11.6 Å². The maximum atomic E-state index is 12.1. The van der Waals surface area contributed by atoms with Gasteiger partial charge in [-0.1, -0.05) is 6.07 Å². The predicted octanol–water partition coefficient (Wildman–Crippen LogP) is 3.85. The molecule has 0 radical (unpaired) electrons. The number of aromatic nitrogens is 2. The Hall–Kier alpha value is -3.55. The first-order valence-corrected chi connectivity index (χ1v) is 8.65. The second-order valence-electron chi connectivity index (χ2n) is 6.18. The number of hydrogen-bond donors (Lipinski definition) is 4. The van der Waals surface area contributed by atoms with Crippen molar-refractivity contribution in [3.05, 3.63) is 77.9 Å². The number of ether oxygens (including phenoxy) is 1. The predicted molar refractivity (Wildman–Crippen MR) is 106 cm³/mol. The highest BCUT2D eigenvalue weighted by Crippen LogP contribution is 2.18. The van der Waals surface area contributed by atoms with Crippen LogP contribution >= 0.6 is 0 Å². The van der Waals surface area contributed by atoms with Crippen molar-refractivity contribution in [2.75, 3.05) is 5.32 Å². The molecule has 0 aliphatic carbocycles. The zero-order valence-corrected chi connectivity index (χ0v) is 15.0. The molecule has 28 heavy (non-hydrogen) atoms. The van der Waals surface area contributed by atoms with E-state index in [-0.39, 0.29) is 5.75 Å². The lowest BCUT2D eigenvalue weighted by Crippen LogP contribution is -2.09. The molecule has 0 fully saturated rings. The Bertz CT molecular complexity index is 980. The number of aryl methyl sites for hydroxylation is 1. The molecule has 1 aromatic heterocycles. The molecule has 8 heteroatoms. The van der Waals surface area contributed by atoms with E-state index < -0.39 is 6.61 Å². The molecule has 0 unspecified atom stereocenters. The van der Waals surface area contributed by atoms with Crippen LogP contribution in [0.4, 0.5) is 14.5 Å². The third-order valence-electron chi connectivity index (χ3n) is 4.05. The lowest BCUT2D eigenvalue weighted by Gasteiger charge is -2.08. The molecule has 0 spiro atoms. The summed E-state index contributed by atoms with van der Waals surface area (Å²) in [7, 11) is 0. The number of hydrogen-bond acceptors (Lipinski definition) is 5. The van der Waals surface area contributed by atoms with Gasteiger partial charge in [0, 0.05) is 16.8 Å². The first-order chi connectivity index (χ1) is 13.5. The lowest BCUT2D eigenvalue weighted by atomic mass is 10.1. The van der Waals surface area contributed by atoms with E-state index in [1.165, 1.54) is 17.7 Å². The van der Waals surface area contributed by atoms with E-state index >= 15 is 0 Å². The molecule has 0 aliphatic rings. The van der Waals surface area contributed by atoms with E-state index in [2.05, 4.69) is 26.3 Å². The number of anilines is 1. The summed E-state index contributed by atoms with van der Waals surface area (Å²) < 4.78 is 28.6. The molecule has 146 valence electrons. The number of alkyl halides is 2. The molecule has 1 heterocycles. The molecule has 0 aliphatic heterocycles. The van der Waals surface area contributed by atoms with E-state index in [1.54, 1.807) is 30.5 Å². The van der Waals surface area contributed by atoms with Gasteiger partial charge in [0.05, 0.1) is 11.7 Å². The summed E-state index contributed by atoms with van der Waals surface area (Å²) in [6, 6.07) is 12.2. The van der Waals surface area contributed by atoms with Crippen LogP contribution in [0.5, 0.6) is 5.75 Å². The van der Waals surface area contributed by atoms with E-state index in [1.807, 2.05) is 12.1 Å². The number of nitrogens with one attached hydrogen (secondary N) is 2. The van der Waals surface area contributed by atoms with Crippen molar-refractivity contribution in [2.45, 2.75) is 19.5 Å². The van der Waals surface area contributed by atoms with Crippen LogP contribution in [0.3, 0.4) is 0 Å². The standard InChI is InChI=1S/C20H21F2N5O/c21-20(22)28-17-7-5-16(6-8-17)26-19(24)10-4-15(23)3-1-13-2-9-18-14(11-13)12-25-27-18/h2,4-12,20,26H,1,3,23-24H2,(H,25,27)/b15-4-,19-10+. The normalized spacial score (nSPS) is 12.5. The average molecular weight is 385 g/mol. The van der Waals surface area contributed by atoms with Gasteiger partial charge in [-0.15, -0.1) is 0 Å². The molecule has 0 atom stereocenters. The number of rotatable bonds is 8. The topological polar surface area (TPSA) is 102 Å². The second kappa shape index (κ2) is 8.90. The Morgan fingerprint density at radius 1 is 1.14 bits per heavy atom. The number of benzene rings is 2. The molecule has 3 aromatic rings. The summed E-state index contributed by atoms with van der Waals surface area (Å²) in [5.74, 6) is 0.464. The van der Waals surface area contributed by atoms with Crippen molar-refractivity contribution < 1.29 is 13.5 Å². The van der Waals surface area contributed by atoms with Gasteiger partial charge in [-0.2, -0.15) is 13.9 Å². The second-order valence-corrected chi connectivity index (χ2v) is 6.18. The first-order valence-electron chi connectivity index (χ1n) is 8.65. The van der Waals surface area contributed by atoms with E-state index in [4.69, 9.17) is 11.5 Å². The maximum Gasteiger partial charge on any atom is 0.387 e. The fourth-order valence-corrected chi connectivity index (χ4v) is 2.64. The Labute approximate surface area is 160 Å². The highest BCUT2D eigenvalue weighted by Gasteiger charge is 2.04. The van der Waals surface area contributed by atoms with Gasteiger partial charge in [-0.05, 0) is 67.0 Å². The van der Waals surface area contributed by atoms with Crippen LogP contribution in [0.1, 0.15) is 12.0 Å². The minimum atomic E-state index is -2.85. The lowest BCUT2D eigenvalue weighted by molar-refractivity contribution is -0.0498. The Morgan fingerprint density at radius 2 is 1.93 bits per heavy atom. The summed E-state index contributed by atoms with van der Waals surface area (Å²) in [6.45, 7) is -2.85. The van der Waals surface area contributed by atoms with Crippen molar-refractivity contribution >= 4 is 16.6 Å². The molecule has 0 bridgehead atoms.